The minimum atomic E-state index is -1.01. The third kappa shape index (κ3) is 7.05. The fraction of sp³-hybridized carbons (Fsp3) is 0.800. The van der Waals surface area contributed by atoms with Crippen LogP contribution in [-0.2, 0) is 9.53 Å². The minimum absolute atomic E-state index is 0.431. The fourth-order valence-electron chi connectivity index (χ4n) is 1.17. The van der Waals surface area contributed by atoms with Gasteiger partial charge in [0.15, 0.2) is 0 Å². The zero-order valence-electron chi connectivity index (χ0n) is 9.78. The van der Waals surface area contributed by atoms with Crippen molar-refractivity contribution in [2.24, 2.45) is 0 Å². The monoisotopic (exact) mass is 232 g/mol. The molecule has 94 valence electrons. The van der Waals surface area contributed by atoms with E-state index in [-0.39, 0.29) is 0 Å². The Hall–Kier alpha value is -1.30. The number of nitrogens with one attached hydrogen (secondary N) is 2. The molecule has 0 aliphatic heterocycles. The summed E-state index contributed by atoms with van der Waals surface area (Å²) in [7, 11) is 1.59. The maximum atomic E-state index is 11.3. The number of hydrogen-bond acceptors (Lipinski definition) is 3. The Bertz CT molecular complexity index is 221. The van der Waals surface area contributed by atoms with Gasteiger partial charge in [0.05, 0.1) is 0 Å². The number of ether oxygens (including phenoxy) is 1. The molecule has 6 nitrogen and oxygen atoms in total. The van der Waals surface area contributed by atoms with E-state index in [0.29, 0.717) is 32.4 Å². The van der Waals surface area contributed by atoms with Crippen molar-refractivity contribution in [2.45, 2.75) is 32.2 Å². The van der Waals surface area contributed by atoms with Crippen molar-refractivity contribution < 1.29 is 19.4 Å². The third-order valence-electron chi connectivity index (χ3n) is 1.99. The molecule has 1 atom stereocenters. The molecule has 0 rings (SSSR count). The number of carbonyl (C=O) groups excluding carboxylic acids is 1. The predicted octanol–water partition coefficient (Wildman–Crippen LogP) is 0.575. The van der Waals surface area contributed by atoms with Crippen LogP contribution >= 0.6 is 0 Å². The van der Waals surface area contributed by atoms with Crippen LogP contribution in [0, 0.1) is 0 Å². The number of amides is 2. The van der Waals surface area contributed by atoms with Crippen molar-refractivity contribution in [3.8, 4) is 0 Å². The Morgan fingerprint density at radius 1 is 1.44 bits per heavy atom. The van der Waals surface area contributed by atoms with Gasteiger partial charge in [-0.1, -0.05) is 13.3 Å². The van der Waals surface area contributed by atoms with Crippen molar-refractivity contribution in [2.75, 3.05) is 20.3 Å². The highest BCUT2D eigenvalue weighted by Gasteiger charge is 2.17. The van der Waals surface area contributed by atoms with E-state index in [1.807, 2.05) is 6.92 Å². The van der Waals surface area contributed by atoms with Crippen LogP contribution < -0.4 is 10.6 Å². The summed E-state index contributed by atoms with van der Waals surface area (Å²) in [4.78, 5) is 22.0. The molecular formula is C10H20N2O4. The lowest BCUT2D eigenvalue weighted by Gasteiger charge is -2.14. The van der Waals surface area contributed by atoms with Crippen molar-refractivity contribution >= 4 is 12.0 Å². The molecule has 0 fully saturated rings. The van der Waals surface area contributed by atoms with Crippen LogP contribution in [-0.4, -0.2) is 43.4 Å². The lowest BCUT2D eigenvalue weighted by molar-refractivity contribution is -0.139. The number of aliphatic carboxylic acids is 1. The molecule has 0 aromatic rings. The summed E-state index contributed by atoms with van der Waals surface area (Å²) < 4.78 is 4.82. The molecule has 2 amide bonds. The van der Waals surface area contributed by atoms with E-state index in [0.717, 1.165) is 0 Å². The quantitative estimate of drug-likeness (QED) is 0.534. The van der Waals surface area contributed by atoms with E-state index in [1.54, 1.807) is 7.11 Å². The average molecular weight is 232 g/mol. The van der Waals surface area contributed by atoms with Gasteiger partial charge >= 0.3 is 12.0 Å². The van der Waals surface area contributed by atoms with E-state index in [2.05, 4.69) is 10.6 Å². The lowest BCUT2D eigenvalue weighted by atomic mass is 10.2. The van der Waals surface area contributed by atoms with Crippen molar-refractivity contribution in [1.29, 1.82) is 0 Å². The molecule has 0 aliphatic carbocycles. The highest BCUT2D eigenvalue weighted by Crippen LogP contribution is 1.96. The first-order chi connectivity index (χ1) is 7.61. The highest BCUT2D eigenvalue weighted by molar-refractivity contribution is 5.82. The van der Waals surface area contributed by atoms with Crippen molar-refractivity contribution in [3.63, 3.8) is 0 Å². The van der Waals surface area contributed by atoms with Crippen LogP contribution in [0.25, 0.3) is 0 Å². The first kappa shape index (κ1) is 14.7. The van der Waals surface area contributed by atoms with Gasteiger partial charge < -0.3 is 20.5 Å². The van der Waals surface area contributed by atoms with Gasteiger partial charge in [-0.25, -0.2) is 9.59 Å². The Balaban J connectivity index is 3.77. The number of carboxylic acid groups (broad SMARTS) is 1. The molecule has 0 spiro atoms. The SMILES string of the molecule is CCC[C@@H](NC(=O)NCCCOC)C(=O)O. The second-order valence-electron chi connectivity index (χ2n) is 3.43. The van der Waals surface area contributed by atoms with Crippen LogP contribution in [0.1, 0.15) is 26.2 Å². The van der Waals surface area contributed by atoms with E-state index in [1.165, 1.54) is 0 Å². The summed E-state index contributed by atoms with van der Waals surface area (Å²) in [5.74, 6) is -1.01. The van der Waals surface area contributed by atoms with E-state index < -0.39 is 18.0 Å². The van der Waals surface area contributed by atoms with Gasteiger partial charge in [0.25, 0.3) is 0 Å². The number of rotatable bonds is 8. The van der Waals surface area contributed by atoms with Gasteiger partial charge in [-0.3, -0.25) is 0 Å². The summed E-state index contributed by atoms with van der Waals surface area (Å²) in [5, 5.41) is 13.8. The number of methoxy groups -OCH3 is 1. The maximum Gasteiger partial charge on any atom is 0.326 e. The molecule has 3 N–H and O–H groups in total. The number of hydrogen-bond donors (Lipinski definition) is 3. The topological polar surface area (TPSA) is 87.7 Å². The van der Waals surface area contributed by atoms with Gasteiger partial charge in [0.2, 0.25) is 0 Å². The zero-order valence-corrected chi connectivity index (χ0v) is 9.78. The van der Waals surface area contributed by atoms with Gasteiger partial charge in [-0.2, -0.15) is 0 Å². The van der Waals surface area contributed by atoms with Gasteiger partial charge in [0, 0.05) is 20.3 Å². The number of carbonyl (C=O) groups is 2. The van der Waals surface area contributed by atoms with E-state index in [9.17, 15) is 9.59 Å². The molecule has 0 aliphatic rings. The largest absolute Gasteiger partial charge is 0.480 e. The Morgan fingerprint density at radius 3 is 2.62 bits per heavy atom. The number of urea groups is 1. The normalized spacial score (nSPS) is 11.9. The lowest BCUT2D eigenvalue weighted by Crippen LogP contribution is -2.46. The van der Waals surface area contributed by atoms with E-state index in [4.69, 9.17) is 9.84 Å². The van der Waals surface area contributed by atoms with Crippen LogP contribution in [0.2, 0.25) is 0 Å². The first-order valence-electron chi connectivity index (χ1n) is 5.38. The standard InChI is InChI=1S/C10H20N2O4/c1-3-5-8(9(13)14)12-10(15)11-6-4-7-16-2/h8H,3-7H2,1-2H3,(H,13,14)(H2,11,12,15)/t8-/m1/s1. The second kappa shape index (κ2) is 8.96. The minimum Gasteiger partial charge on any atom is -0.480 e. The van der Waals surface area contributed by atoms with Crippen LogP contribution in [0.15, 0.2) is 0 Å². The summed E-state index contributed by atoms with van der Waals surface area (Å²) >= 11 is 0. The summed E-state index contributed by atoms with van der Waals surface area (Å²) in [6, 6.07) is -1.26. The zero-order chi connectivity index (χ0) is 12.4. The van der Waals surface area contributed by atoms with Crippen molar-refractivity contribution in [3.05, 3.63) is 0 Å². The molecule has 6 heteroatoms. The molecule has 0 aromatic heterocycles. The molecule has 0 aromatic carbocycles. The summed E-state index contributed by atoms with van der Waals surface area (Å²) in [6.07, 6.45) is 1.84. The molecule has 0 bridgehead atoms. The van der Waals surface area contributed by atoms with Crippen LogP contribution in [0.5, 0.6) is 0 Å². The molecule has 0 unspecified atom stereocenters. The second-order valence-corrected chi connectivity index (χ2v) is 3.43. The van der Waals surface area contributed by atoms with Crippen molar-refractivity contribution in [1.82, 2.24) is 10.6 Å². The van der Waals surface area contributed by atoms with Crippen LogP contribution in [0.3, 0.4) is 0 Å². The number of carboxylic acids is 1. The smallest absolute Gasteiger partial charge is 0.326 e. The van der Waals surface area contributed by atoms with Crippen LogP contribution in [0.4, 0.5) is 4.79 Å². The Morgan fingerprint density at radius 2 is 2.12 bits per heavy atom. The third-order valence-corrected chi connectivity index (χ3v) is 1.99. The molecule has 0 saturated carbocycles. The van der Waals surface area contributed by atoms with E-state index >= 15 is 0 Å². The van der Waals surface area contributed by atoms with Gasteiger partial charge in [-0.05, 0) is 12.8 Å². The Kier molecular flexibility index (Phi) is 8.24. The molecule has 16 heavy (non-hydrogen) atoms. The Labute approximate surface area is 95.4 Å². The van der Waals surface area contributed by atoms with Gasteiger partial charge in [0.1, 0.15) is 6.04 Å². The summed E-state index contributed by atoms with van der Waals surface area (Å²) in [5.41, 5.74) is 0. The molecular weight excluding hydrogens is 212 g/mol. The maximum absolute atomic E-state index is 11.3. The molecule has 0 saturated heterocycles. The summed E-state index contributed by atoms with van der Waals surface area (Å²) in [6.45, 7) is 2.91. The average Bonchev–Trinajstić information content (AvgIpc) is 2.23. The highest BCUT2D eigenvalue weighted by atomic mass is 16.5. The molecule has 0 heterocycles. The first-order valence-corrected chi connectivity index (χ1v) is 5.38. The predicted molar refractivity (Wildman–Crippen MR) is 59.4 cm³/mol. The van der Waals surface area contributed by atoms with Gasteiger partial charge in [-0.15, -0.1) is 0 Å². The molecule has 0 radical (unpaired) electrons. The fourth-order valence-corrected chi connectivity index (χ4v) is 1.17.